The highest BCUT2D eigenvalue weighted by atomic mass is 35.6. The molecule has 146 valence electrons. The molecule has 0 aromatic rings. The predicted molar refractivity (Wildman–Crippen MR) is 88.8 cm³/mol. The number of alkyl carbamates (subject to hydrolysis) is 1. The maximum atomic E-state index is 12.0. The van der Waals surface area contributed by atoms with Gasteiger partial charge in [0.05, 0.1) is 19.6 Å². The van der Waals surface area contributed by atoms with Gasteiger partial charge in [-0.3, -0.25) is 4.79 Å². The lowest BCUT2D eigenvalue weighted by atomic mass is 10.2. The van der Waals surface area contributed by atoms with Gasteiger partial charge in [-0.15, -0.1) is 0 Å². The van der Waals surface area contributed by atoms with Crippen LogP contribution in [0.4, 0.5) is 4.79 Å². The summed E-state index contributed by atoms with van der Waals surface area (Å²) in [6.45, 7) is -0.275. The number of hydrogen-bond acceptors (Lipinski definition) is 8. The summed E-state index contributed by atoms with van der Waals surface area (Å²) in [5.41, 5.74) is 0. The molecule has 9 nitrogen and oxygen atoms in total. The van der Waals surface area contributed by atoms with Crippen LogP contribution in [0.25, 0.3) is 0 Å². The van der Waals surface area contributed by atoms with Crippen molar-refractivity contribution in [3.63, 3.8) is 0 Å². The first kappa shape index (κ1) is 24.0. The molecule has 0 aromatic heterocycles. The van der Waals surface area contributed by atoms with Crippen molar-refractivity contribution < 1.29 is 38.1 Å². The SMILES string of the molecule is COCCOC(=O)C[C@H](NC(=O)OCC(Cl)(Cl)Cl)C(=O)OCCOC. The van der Waals surface area contributed by atoms with E-state index in [4.69, 9.17) is 53.8 Å². The average molecular weight is 425 g/mol. The molecule has 12 heteroatoms. The van der Waals surface area contributed by atoms with Crippen LogP contribution < -0.4 is 5.32 Å². The van der Waals surface area contributed by atoms with E-state index in [1.165, 1.54) is 14.2 Å². The second-order valence-corrected chi connectivity index (χ2v) is 6.98. The summed E-state index contributed by atoms with van der Waals surface area (Å²) in [5.74, 6) is -1.61. The maximum absolute atomic E-state index is 12.0. The lowest BCUT2D eigenvalue weighted by Gasteiger charge is -2.18. The van der Waals surface area contributed by atoms with E-state index in [9.17, 15) is 14.4 Å². The third kappa shape index (κ3) is 13.9. The quantitative estimate of drug-likeness (QED) is 0.228. The van der Waals surface area contributed by atoms with Crippen LogP contribution >= 0.6 is 34.8 Å². The van der Waals surface area contributed by atoms with E-state index >= 15 is 0 Å². The number of methoxy groups -OCH3 is 2. The first-order valence-corrected chi connectivity index (χ1v) is 8.13. The number of carbonyl (C=O) groups is 3. The fourth-order valence-electron chi connectivity index (χ4n) is 1.32. The van der Waals surface area contributed by atoms with Crippen LogP contribution in [0.15, 0.2) is 0 Å². The van der Waals surface area contributed by atoms with Crippen LogP contribution in [0.1, 0.15) is 6.42 Å². The number of alkyl halides is 3. The maximum Gasteiger partial charge on any atom is 0.408 e. The molecule has 0 spiro atoms. The molecule has 0 aliphatic carbocycles. The Bertz CT molecular complexity index is 430. The minimum atomic E-state index is -1.81. The summed E-state index contributed by atoms with van der Waals surface area (Å²) in [6.07, 6.45) is -1.54. The molecule has 0 unspecified atom stereocenters. The minimum absolute atomic E-state index is 0.00150. The third-order valence-corrected chi connectivity index (χ3v) is 2.72. The monoisotopic (exact) mass is 423 g/mol. The number of hydrogen-bond donors (Lipinski definition) is 1. The molecule has 0 aliphatic rings. The highest BCUT2D eigenvalue weighted by Gasteiger charge is 2.28. The van der Waals surface area contributed by atoms with Gasteiger partial charge < -0.3 is 29.0 Å². The lowest BCUT2D eigenvalue weighted by Crippen LogP contribution is -2.44. The normalized spacial score (nSPS) is 12.2. The molecule has 25 heavy (non-hydrogen) atoms. The number of amides is 1. The first-order valence-electron chi connectivity index (χ1n) is 6.99. The molecule has 1 N–H and O–H groups in total. The lowest BCUT2D eigenvalue weighted by molar-refractivity contribution is -0.153. The summed E-state index contributed by atoms with van der Waals surface area (Å²) >= 11 is 16.4. The van der Waals surface area contributed by atoms with Gasteiger partial charge in [0.1, 0.15) is 25.9 Å². The Labute approximate surface area is 160 Å². The van der Waals surface area contributed by atoms with E-state index in [0.717, 1.165) is 0 Å². The molecule has 0 saturated carbocycles. The van der Waals surface area contributed by atoms with E-state index in [-0.39, 0.29) is 26.4 Å². The van der Waals surface area contributed by atoms with Crippen molar-refractivity contribution in [2.45, 2.75) is 16.3 Å². The van der Waals surface area contributed by atoms with Gasteiger partial charge in [-0.2, -0.15) is 0 Å². The Morgan fingerprint density at radius 2 is 1.48 bits per heavy atom. The number of rotatable bonds is 11. The minimum Gasteiger partial charge on any atom is -0.463 e. The van der Waals surface area contributed by atoms with Crippen molar-refractivity contribution >= 4 is 52.8 Å². The summed E-state index contributed by atoms with van der Waals surface area (Å²) in [6, 6.07) is -1.34. The second kappa shape index (κ2) is 13.2. The molecule has 1 amide bonds. The fraction of sp³-hybridized carbons (Fsp3) is 0.769. The average Bonchev–Trinajstić information content (AvgIpc) is 2.52. The van der Waals surface area contributed by atoms with Gasteiger partial charge in [-0.1, -0.05) is 34.8 Å². The second-order valence-electron chi connectivity index (χ2n) is 4.47. The van der Waals surface area contributed by atoms with Gasteiger partial charge >= 0.3 is 18.0 Å². The molecule has 0 bridgehead atoms. The number of halogens is 3. The van der Waals surface area contributed by atoms with Gasteiger partial charge in [0.15, 0.2) is 0 Å². The fourth-order valence-corrected chi connectivity index (χ4v) is 1.48. The highest BCUT2D eigenvalue weighted by Crippen LogP contribution is 2.25. The molecule has 0 aromatic carbocycles. The smallest absolute Gasteiger partial charge is 0.408 e. The van der Waals surface area contributed by atoms with Crippen LogP contribution in [0, 0.1) is 0 Å². The molecular formula is C13H20Cl3NO8. The van der Waals surface area contributed by atoms with E-state index < -0.39 is 40.9 Å². The molecule has 0 heterocycles. The van der Waals surface area contributed by atoms with E-state index in [1.807, 2.05) is 0 Å². The third-order valence-electron chi connectivity index (χ3n) is 2.40. The zero-order chi connectivity index (χ0) is 19.3. The number of nitrogens with one attached hydrogen (secondary N) is 1. The van der Waals surface area contributed by atoms with Crippen molar-refractivity contribution in [2.75, 3.05) is 47.3 Å². The summed E-state index contributed by atoms with van der Waals surface area (Å²) < 4.78 is 22.0. The Morgan fingerprint density at radius 3 is 2.00 bits per heavy atom. The van der Waals surface area contributed by atoms with Gasteiger partial charge in [0, 0.05) is 14.2 Å². The molecule has 0 aliphatic heterocycles. The van der Waals surface area contributed by atoms with Gasteiger partial charge in [0.25, 0.3) is 0 Å². The van der Waals surface area contributed by atoms with Crippen LogP contribution in [-0.2, 0) is 33.3 Å². The molecule has 0 saturated heterocycles. The van der Waals surface area contributed by atoms with Crippen molar-refractivity contribution in [1.29, 1.82) is 0 Å². The molecule has 0 radical (unpaired) electrons. The predicted octanol–water partition coefficient (Wildman–Crippen LogP) is 1.22. The van der Waals surface area contributed by atoms with Gasteiger partial charge in [0.2, 0.25) is 3.79 Å². The van der Waals surface area contributed by atoms with Gasteiger partial charge in [-0.05, 0) is 0 Å². The molecule has 0 rings (SSSR count). The van der Waals surface area contributed by atoms with Crippen molar-refractivity contribution in [1.82, 2.24) is 5.32 Å². The Morgan fingerprint density at radius 1 is 0.920 bits per heavy atom. The topological polar surface area (TPSA) is 109 Å². The zero-order valence-corrected chi connectivity index (χ0v) is 16.0. The summed E-state index contributed by atoms with van der Waals surface area (Å²) in [5, 5.41) is 2.15. The summed E-state index contributed by atoms with van der Waals surface area (Å²) in [7, 11) is 2.86. The standard InChI is InChI=1S/C13H20Cl3NO8/c1-21-3-5-23-10(18)7-9(11(19)24-6-4-22-2)17-12(20)25-8-13(14,15)16/h9H,3-8H2,1-2H3,(H,17,20)/t9-/m0/s1. The Hall–Kier alpha value is -1.00. The van der Waals surface area contributed by atoms with Crippen molar-refractivity contribution in [3.8, 4) is 0 Å². The van der Waals surface area contributed by atoms with Crippen molar-refractivity contribution in [2.24, 2.45) is 0 Å². The van der Waals surface area contributed by atoms with Crippen LogP contribution in [0.2, 0.25) is 0 Å². The van der Waals surface area contributed by atoms with Crippen LogP contribution in [0.5, 0.6) is 0 Å². The van der Waals surface area contributed by atoms with E-state index in [2.05, 4.69) is 10.1 Å². The first-order chi connectivity index (χ1) is 11.7. The van der Waals surface area contributed by atoms with Gasteiger partial charge in [-0.25, -0.2) is 9.59 Å². The zero-order valence-electron chi connectivity index (χ0n) is 13.7. The van der Waals surface area contributed by atoms with Crippen LogP contribution in [-0.4, -0.2) is 75.1 Å². The van der Waals surface area contributed by atoms with E-state index in [1.54, 1.807) is 0 Å². The molecule has 0 fully saturated rings. The van der Waals surface area contributed by atoms with Crippen molar-refractivity contribution in [3.05, 3.63) is 0 Å². The number of ether oxygens (including phenoxy) is 5. The largest absolute Gasteiger partial charge is 0.463 e. The van der Waals surface area contributed by atoms with Crippen LogP contribution in [0.3, 0.4) is 0 Å². The van der Waals surface area contributed by atoms with E-state index in [0.29, 0.717) is 0 Å². The molecular weight excluding hydrogens is 405 g/mol. The Balaban J connectivity index is 4.62. The number of carbonyl (C=O) groups excluding carboxylic acids is 3. The molecule has 1 atom stereocenters. The Kier molecular flexibility index (Phi) is 12.7. The summed E-state index contributed by atoms with van der Waals surface area (Å²) in [4.78, 5) is 35.3. The highest BCUT2D eigenvalue weighted by molar-refractivity contribution is 6.67. The number of esters is 2.